The van der Waals surface area contributed by atoms with Gasteiger partial charge in [0.15, 0.2) is 22.8 Å². The van der Waals surface area contributed by atoms with Crippen molar-refractivity contribution in [2.45, 2.75) is 91.0 Å². The predicted octanol–water partition coefficient (Wildman–Crippen LogP) is 13.1. The average molecular weight is 814 g/mol. The van der Waals surface area contributed by atoms with Gasteiger partial charge in [-0.3, -0.25) is 0 Å². The van der Waals surface area contributed by atoms with Crippen molar-refractivity contribution in [2.24, 2.45) is 0 Å². The van der Waals surface area contributed by atoms with Crippen molar-refractivity contribution in [2.75, 3.05) is 0 Å². The lowest BCUT2D eigenvalue weighted by Gasteiger charge is -2.25. The van der Waals surface area contributed by atoms with Crippen LogP contribution in [0.25, 0.3) is 72.4 Å². The fourth-order valence-corrected chi connectivity index (χ4v) is 12.6. The summed E-state index contributed by atoms with van der Waals surface area (Å²) >= 11 is 0. The summed E-state index contributed by atoms with van der Waals surface area (Å²) in [6.07, 6.45) is 2.59. The number of pyridine rings is 1. The van der Waals surface area contributed by atoms with Crippen molar-refractivity contribution < 1.29 is 13.6 Å². The van der Waals surface area contributed by atoms with Crippen LogP contribution in [-0.4, -0.2) is 12.6 Å². The van der Waals surface area contributed by atoms with Gasteiger partial charge in [0.25, 0.3) is 0 Å². The van der Waals surface area contributed by atoms with E-state index in [1.165, 1.54) is 72.1 Å². The molecule has 1 spiro atoms. The maximum absolute atomic E-state index is 7.19. The van der Waals surface area contributed by atoms with Gasteiger partial charge in [-0.15, -0.1) is 9.13 Å². The summed E-state index contributed by atoms with van der Waals surface area (Å²) in [7, 11) is -1.86. The van der Waals surface area contributed by atoms with Crippen LogP contribution in [-0.2, 0) is 11.1 Å². The van der Waals surface area contributed by atoms with Crippen LogP contribution in [0.5, 0.6) is 0 Å². The average Bonchev–Trinajstić information content (AvgIpc) is 3.95. The number of para-hydroxylation sites is 4. The highest BCUT2D eigenvalue weighted by atomic mass is 28.3. The SMILES string of the molecule is CC(C)c1ccc2c(c1)C1(c3ccc4c(oc5ccccc54)c3-c3n(-c4c(-c5ccccc5)cccc4C(C)(C)C)c4ccccc4[n+]31)[n+]1cc([Si](C)(C)C)c(C(C)C)cc1-2. The molecule has 0 N–H and O–H groups in total. The zero-order valence-corrected chi connectivity index (χ0v) is 38.2. The Labute approximate surface area is 360 Å². The summed E-state index contributed by atoms with van der Waals surface area (Å²) < 4.78 is 15.2. The number of hydrogen-bond acceptors (Lipinski definition) is 1. The van der Waals surface area contributed by atoms with Crippen molar-refractivity contribution in [1.82, 2.24) is 4.57 Å². The summed E-state index contributed by atoms with van der Waals surface area (Å²) in [5.74, 6) is 1.89. The quantitative estimate of drug-likeness (QED) is 0.126. The third-order valence-corrected chi connectivity index (χ3v) is 15.7. The van der Waals surface area contributed by atoms with Gasteiger partial charge < -0.3 is 4.42 Å². The molecule has 2 aliphatic heterocycles. The largest absolute Gasteiger partial charge is 0.455 e. The Hall–Kier alpha value is -6.04. The first-order valence-electron chi connectivity index (χ1n) is 22.2. The zero-order valence-electron chi connectivity index (χ0n) is 37.2. The summed E-state index contributed by atoms with van der Waals surface area (Å²) in [6.45, 7) is 23.9. The molecule has 1 atom stereocenters. The molecule has 0 aliphatic carbocycles. The highest BCUT2D eigenvalue weighted by molar-refractivity contribution is 6.89. The van der Waals surface area contributed by atoms with Crippen LogP contribution in [0, 0.1) is 0 Å². The van der Waals surface area contributed by atoms with E-state index in [4.69, 9.17) is 4.42 Å². The monoisotopic (exact) mass is 813 g/mol. The van der Waals surface area contributed by atoms with Crippen LogP contribution in [0.2, 0.25) is 19.6 Å². The highest BCUT2D eigenvalue weighted by Crippen LogP contribution is 2.54. The molecule has 4 nitrogen and oxygen atoms in total. The topological polar surface area (TPSA) is 25.8 Å². The molecule has 6 aromatic carbocycles. The van der Waals surface area contributed by atoms with Gasteiger partial charge in [-0.2, -0.15) is 4.57 Å². The van der Waals surface area contributed by atoms with E-state index in [-0.39, 0.29) is 5.41 Å². The molecule has 0 amide bonds. The number of aromatic nitrogens is 3. The van der Waals surface area contributed by atoms with Gasteiger partial charge in [0, 0.05) is 33.2 Å². The van der Waals surface area contributed by atoms with Crippen LogP contribution >= 0.6 is 0 Å². The van der Waals surface area contributed by atoms with E-state index >= 15 is 0 Å². The molecule has 302 valence electrons. The molecule has 61 heavy (non-hydrogen) atoms. The second kappa shape index (κ2) is 13.0. The molecule has 9 aromatic rings. The Morgan fingerprint density at radius 1 is 0.672 bits per heavy atom. The lowest BCUT2D eigenvalue weighted by molar-refractivity contribution is -0.944. The van der Waals surface area contributed by atoms with Gasteiger partial charge in [0.05, 0.1) is 24.8 Å². The van der Waals surface area contributed by atoms with E-state index < -0.39 is 13.7 Å². The highest BCUT2D eigenvalue weighted by Gasteiger charge is 2.67. The molecule has 5 heterocycles. The van der Waals surface area contributed by atoms with Crippen molar-refractivity contribution >= 4 is 46.2 Å². The van der Waals surface area contributed by atoms with Gasteiger partial charge in [0.1, 0.15) is 16.8 Å². The van der Waals surface area contributed by atoms with Crippen molar-refractivity contribution in [1.29, 1.82) is 0 Å². The van der Waals surface area contributed by atoms with E-state index in [0.717, 1.165) is 33.3 Å². The molecule has 2 aliphatic rings. The summed E-state index contributed by atoms with van der Waals surface area (Å²) in [6, 6.07) is 50.2. The maximum atomic E-state index is 7.19. The van der Waals surface area contributed by atoms with E-state index in [0.29, 0.717) is 11.8 Å². The Morgan fingerprint density at radius 3 is 2.15 bits per heavy atom. The molecule has 0 saturated heterocycles. The molecule has 3 aromatic heterocycles. The first kappa shape index (κ1) is 37.9. The smallest absolute Gasteiger partial charge is 0.364 e. The number of imidazole rings is 1. The van der Waals surface area contributed by atoms with Crippen molar-refractivity contribution in [3.63, 3.8) is 0 Å². The Bertz CT molecular complexity index is 3280. The number of hydrogen-bond donors (Lipinski definition) is 0. The molecular formula is C56H55N3OSi+2. The molecule has 0 fully saturated rings. The molecule has 0 saturated carbocycles. The minimum atomic E-state index is -1.86. The second-order valence-electron chi connectivity index (χ2n) is 20.2. The van der Waals surface area contributed by atoms with Crippen LogP contribution < -0.4 is 14.3 Å². The normalized spacial score (nSPS) is 15.7. The van der Waals surface area contributed by atoms with Gasteiger partial charge in [0.2, 0.25) is 5.69 Å². The number of nitrogens with zero attached hydrogens (tertiary/aromatic N) is 3. The first-order chi connectivity index (χ1) is 29.2. The summed E-state index contributed by atoms with van der Waals surface area (Å²) in [5.41, 5.74) is 17.3. The Kier molecular flexibility index (Phi) is 8.07. The zero-order chi connectivity index (χ0) is 42.3. The minimum Gasteiger partial charge on any atom is -0.455 e. The number of fused-ring (bicyclic) bond motifs is 16. The number of benzene rings is 6. The van der Waals surface area contributed by atoms with Crippen LogP contribution in [0.4, 0.5) is 0 Å². The van der Waals surface area contributed by atoms with E-state index in [2.05, 4.69) is 221 Å². The fraction of sp³-hybridized carbons (Fsp3) is 0.250. The lowest BCUT2D eigenvalue weighted by atomic mass is 9.83. The number of rotatable bonds is 5. The molecule has 0 radical (unpaired) electrons. The predicted molar refractivity (Wildman–Crippen MR) is 255 cm³/mol. The van der Waals surface area contributed by atoms with Crippen molar-refractivity contribution in [3.05, 3.63) is 167 Å². The Balaban J connectivity index is 1.42. The Morgan fingerprint density at radius 2 is 1.41 bits per heavy atom. The summed E-state index contributed by atoms with van der Waals surface area (Å²) in [5, 5.41) is 3.79. The van der Waals surface area contributed by atoms with Crippen molar-refractivity contribution in [3.8, 4) is 39.5 Å². The first-order valence-corrected chi connectivity index (χ1v) is 25.7. The molecular weight excluding hydrogens is 759 g/mol. The van der Waals surface area contributed by atoms with E-state index in [1.807, 2.05) is 0 Å². The third-order valence-electron chi connectivity index (χ3n) is 13.7. The lowest BCUT2D eigenvalue weighted by Crippen LogP contribution is -2.72. The minimum absolute atomic E-state index is 0.166. The molecule has 5 heteroatoms. The fourth-order valence-electron chi connectivity index (χ4n) is 10.8. The third kappa shape index (κ3) is 5.16. The van der Waals surface area contributed by atoms with Crippen LogP contribution in [0.1, 0.15) is 88.1 Å². The van der Waals surface area contributed by atoms with Gasteiger partial charge in [-0.05, 0) is 76.4 Å². The summed E-state index contributed by atoms with van der Waals surface area (Å²) in [4.78, 5) is 0. The standard InChI is InChI=1S/C56H55N3OSi/c1-34(2)37-27-28-41-45(31-37)56(57-33-50(61(8,9)10)42(35(3)4)32-48(41)57)43-30-29-40-39-21-14-17-26-49(39)60-53(40)51(43)54-58(46-24-15-16-25-47(46)59(54)56)52-38(36-19-12-11-13-20-36)22-18-23-44(52)55(5,6)7/h11-35H,1-10H3/q+2. The van der Waals surface area contributed by atoms with Crippen LogP contribution in [0.15, 0.2) is 144 Å². The molecule has 1 unspecified atom stereocenters. The second-order valence-corrected chi connectivity index (χ2v) is 25.2. The maximum Gasteiger partial charge on any atom is 0.364 e. The van der Waals surface area contributed by atoms with E-state index in [9.17, 15) is 0 Å². The van der Waals surface area contributed by atoms with Gasteiger partial charge in [-0.25, -0.2) is 0 Å². The van der Waals surface area contributed by atoms with Crippen LogP contribution in [0.3, 0.4) is 0 Å². The van der Waals surface area contributed by atoms with Gasteiger partial charge >= 0.3 is 11.5 Å². The number of furan rings is 1. The van der Waals surface area contributed by atoms with E-state index in [1.54, 1.807) is 0 Å². The molecule has 0 bridgehead atoms. The van der Waals surface area contributed by atoms with Gasteiger partial charge in [-0.1, -0.05) is 153 Å². The molecule has 11 rings (SSSR count).